The van der Waals surface area contributed by atoms with Crippen molar-refractivity contribution in [1.82, 2.24) is 0 Å². The van der Waals surface area contributed by atoms with Gasteiger partial charge in [-0.3, -0.25) is 0 Å². The van der Waals surface area contributed by atoms with Crippen LogP contribution >= 0.6 is 14.3 Å². The number of aryl methyl sites for hydroxylation is 1. The lowest BCUT2D eigenvalue weighted by molar-refractivity contribution is 0.279. The van der Waals surface area contributed by atoms with Crippen molar-refractivity contribution >= 4 is 46.1 Å². The van der Waals surface area contributed by atoms with Crippen LogP contribution in [0, 0.1) is 6.92 Å². The number of benzene rings is 7. The maximum Gasteiger partial charge on any atom is 0.171 e. The van der Waals surface area contributed by atoms with Crippen LogP contribution in [-0.4, -0.2) is 26.4 Å². The first kappa shape index (κ1) is 43.3. The molecule has 0 aromatic heterocycles. The summed E-state index contributed by atoms with van der Waals surface area (Å²) < 4.78 is 54.2. The second-order valence-electron chi connectivity index (χ2n) is 15.0. The van der Waals surface area contributed by atoms with Crippen LogP contribution in [0.15, 0.2) is 188 Å². The second kappa shape index (κ2) is 21.6. The van der Waals surface area contributed by atoms with Crippen LogP contribution in [0.2, 0.25) is 0 Å². The van der Waals surface area contributed by atoms with Crippen LogP contribution in [0.5, 0.6) is 23.0 Å². The Hall–Kier alpha value is -5.80. The van der Waals surface area contributed by atoms with Crippen LogP contribution in [0.4, 0.5) is 0 Å². The quantitative estimate of drug-likeness (QED) is 0.161. The van der Waals surface area contributed by atoms with E-state index in [9.17, 15) is 9.13 Å². The number of ether oxygens (including phenoxy) is 4. The third-order valence-electron chi connectivity index (χ3n) is 10.6. The van der Waals surface area contributed by atoms with E-state index >= 15 is 0 Å². The van der Waals surface area contributed by atoms with Gasteiger partial charge in [-0.1, -0.05) is 96.6 Å². The lowest BCUT2D eigenvalue weighted by Crippen LogP contribution is -2.25. The molecule has 0 radical (unpaired) electrons. The van der Waals surface area contributed by atoms with E-state index in [1.165, 1.54) is 5.56 Å². The van der Waals surface area contributed by atoms with E-state index in [0.717, 1.165) is 93.4 Å². The van der Waals surface area contributed by atoms with Gasteiger partial charge in [-0.2, -0.15) is 0 Å². The molecule has 8 bridgehead atoms. The number of hydrogen-bond acceptors (Lipinski definition) is 6. The molecule has 8 heteroatoms. The summed E-state index contributed by atoms with van der Waals surface area (Å²) in [5.74, 6) is 3.00. The smallest absolute Gasteiger partial charge is 0.171 e. The Morgan fingerprint density at radius 2 is 0.525 bits per heavy atom. The average molecular weight is 849 g/mol. The van der Waals surface area contributed by atoms with Crippen molar-refractivity contribution in [2.45, 2.75) is 45.4 Å². The van der Waals surface area contributed by atoms with E-state index in [0.29, 0.717) is 26.4 Å². The molecular weight excluding hydrogens is 795 g/mol. The fourth-order valence-corrected chi connectivity index (χ4v) is 12.5. The molecule has 0 saturated heterocycles. The van der Waals surface area contributed by atoms with Crippen LogP contribution in [0.3, 0.4) is 0 Å². The van der Waals surface area contributed by atoms with Crippen molar-refractivity contribution in [2.24, 2.45) is 0 Å². The minimum absolute atomic E-state index is 0.577. The van der Waals surface area contributed by atoms with Gasteiger partial charge in [0.25, 0.3) is 0 Å². The zero-order chi connectivity index (χ0) is 42.2. The van der Waals surface area contributed by atoms with Crippen molar-refractivity contribution < 1.29 is 28.1 Å². The van der Waals surface area contributed by atoms with Gasteiger partial charge >= 0.3 is 0 Å². The Morgan fingerprint density at radius 1 is 0.295 bits per heavy atom. The fraction of sp³-hybridized carbons (Fsp3) is 0.208. The predicted octanol–water partition coefficient (Wildman–Crippen LogP) is 10.5. The molecule has 0 atom stereocenters. The molecule has 7 aromatic carbocycles. The zero-order valence-corrected chi connectivity index (χ0v) is 36.6. The van der Waals surface area contributed by atoms with E-state index in [2.05, 4.69) is 19.1 Å². The van der Waals surface area contributed by atoms with Crippen LogP contribution in [0.1, 0.15) is 44.1 Å². The van der Waals surface area contributed by atoms with E-state index in [4.69, 9.17) is 18.9 Å². The lowest BCUT2D eigenvalue weighted by Gasteiger charge is -2.21. The van der Waals surface area contributed by atoms with E-state index in [-0.39, 0.29) is 0 Å². The lowest BCUT2D eigenvalue weighted by atomic mass is 10.2. The highest BCUT2D eigenvalue weighted by Gasteiger charge is 2.31. The van der Waals surface area contributed by atoms with Gasteiger partial charge in [0.05, 0.1) is 26.4 Å². The zero-order valence-electron chi connectivity index (χ0n) is 34.8. The molecular formula is C53H54O6P2. The molecule has 7 aliphatic heterocycles. The van der Waals surface area contributed by atoms with Gasteiger partial charge in [-0.25, -0.2) is 0 Å². The van der Waals surface area contributed by atoms with Gasteiger partial charge in [0.2, 0.25) is 0 Å². The Kier molecular flexibility index (Phi) is 15.4. The standard InChI is InChI=1S/C46H46O6P2.C7H8/c47-53(41-13-5-1-6-14-41)43-25-17-37(18-26-43)49-33-9-3-11-35-51-39-21-29-45(30-22-39)54(48,42-15-7-2-8-16-42)46-31-23-40(24-32-46)52-36-12-4-10-34-50-38-19-27-44(53)28-20-38;1-7-5-3-2-4-6-7/h1-2,5-8,13-32H,3-4,9-12,33-36H2;2-6H,1H3. The van der Waals surface area contributed by atoms with Gasteiger partial charge in [0.1, 0.15) is 23.0 Å². The van der Waals surface area contributed by atoms with E-state index < -0.39 is 14.3 Å². The first-order valence-electron chi connectivity index (χ1n) is 21.2. The number of rotatable bonds is 2. The molecule has 61 heavy (non-hydrogen) atoms. The van der Waals surface area contributed by atoms with Gasteiger partial charge < -0.3 is 28.1 Å². The highest BCUT2D eigenvalue weighted by Crippen LogP contribution is 2.44. The molecule has 0 spiro atoms. The predicted molar refractivity (Wildman–Crippen MR) is 253 cm³/mol. The second-order valence-corrected chi connectivity index (χ2v) is 20.6. The van der Waals surface area contributed by atoms with E-state index in [1.54, 1.807) is 0 Å². The Labute approximate surface area is 361 Å². The van der Waals surface area contributed by atoms with Crippen LogP contribution in [0.25, 0.3) is 0 Å². The summed E-state index contributed by atoms with van der Waals surface area (Å²) in [5.41, 5.74) is 1.32. The molecule has 7 aliphatic rings. The topological polar surface area (TPSA) is 71.1 Å². The first-order valence-corrected chi connectivity index (χ1v) is 24.6. The molecule has 0 N–H and O–H groups in total. The minimum Gasteiger partial charge on any atom is -0.494 e. The molecule has 0 unspecified atom stereocenters. The molecule has 6 nitrogen and oxygen atoms in total. The highest BCUT2D eigenvalue weighted by molar-refractivity contribution is 7.85. The fourth-order valence-electron chi connectivity index (χ4n) is 7.24. The summed E-state index contributed by atoms with van der Waals surface area (Å²) >= 11 is 0. The van der Waals surface area contributed by atoms with Crippen molar-refractivity contribution in [3.05, 3.63) is 194 Å². The summed E-state index contributed by atoms with van der Waals surface area (Å²) in [7, 11) is -6.26. The molecule has 0 saturated carbocycles. The largest absolute Gasteiger partial charge is 0.494 e. The molecule has 0 fully saturated rings. The molecule has 312 valence electrons. The normalized spacial score (nSPS) is 18.7. The Balaban J connectivity index is 0.000000729. The maximum absolute atomic E-state index is 15.0. The first-order chi connectivity index (χ1) is 29.9. The summed E-state index contributed by atoms with van der Waals surface area (Å²) in [5, 5.41) is 4.60. The van der Waals surface area contributed by atoms with Gasteiger partial charge in [0, 0.05) is 31.8 Å². The van der Waals surface area contributed by atoms with Crippen molar-refractivity contribution in [2.75, 3.05) is 26.4 Å². The average Bonchev–Trinajstić information content (AvgIpc) is 3.32. The summed E-state index contributed by atoms with van der Waals surface area (Å²) in [6.07, 6.45) is 5.41. The number of hydrogen-bond donors (Lipinski definition) is 0. The van der Waals surface area contributed by atoms with Gasteiger partial charge in [-0.05, 0) is 143 Å². The van der Waals surface area contributed by atoms with Crippen molar-refractivity contribution in [1.29, 1.82) is 0 Å². The van der Waals surface area contributed by atoms with Gasteiger partial charge in [0.15, 0.2) is 14.3 Å². The molecule has 7 heterocycles. The third-order valence-corrected chi connectivity index (χ3v) is 16.8. The minimum atomic E-state index is -3.13. The van der Waals surface area contributed by atoms with Crippen molar-refractivity contribution in [3.8, 4) is 23.0 Å². The maximum atomic E-state index is 15.0. The summed E-state index contributed by atoms with van der Waals surface area (Å²) in [4.78, 5) is 0. The Bertz CT molecular complexity index is 2190. The van der Waals surface area contributed by atoms with Gasteiger partial charge in [-0.15, -0.1) is 0 Å². The molecule has 0 aliphatic carbocycles. The molecule has 14 rings (SSSR count). The van der Waals surface area contributed by atoms with Crippen molar-refractivity contribution in [3.63, 3.8) is 0 Å². The summed E-state index contributed by atoms with van der Waals surface area (Å²) in [6, 6.07) is 60.3. The van der Waals surface area contributed by atoms with Crippen LogP contribution in [-0.2, 0) is 9.13 Å². The van der Waals surface area contributed by atoms with E-state index in [1.807, 2.05) is 176 Å². The Morgan fingerprint density at radius 3 is 0.754 bits per heavy atom. The third kappa shape index (κ3) is 11.3. The highest BCUT2D eigenvalue weighted by atomic mass is 31.2. The monoisotopic (exact) mass is 848 g/mol. The SMILES string of the molecule is Cc1ccccc1.O=P1(c2ccccc2)c2ccc(cc2)OCCCCCOc2ccc(cc2)P(=O)(c2ccccc2)c2ccc(cc2)OCCCCCOc2ccc1cc2. The summed E-state index contributed by atoms with van der Waals surface area (Å²) in [6.45, 7) is 4.39. The van der Waals surface area contributed by atoms with Crippen LogP contribution < -0.4 is 50.8 Å². The molecule has 0 amide bonds. The molecule has 7 aromatic rings.